The van der Waals surface area contributed by atoms with E-state index < -0.39 is 0 Å². The van der Waals surface area contributed by atoms with Gasteiger partial charge in [-0.2, -0.15) is 0 Å². The Morgan fingerprint density at radius 2 is 1.85 bits per heavy atom. The lowest BCUT2D eigenvalue weighted by Gasteiger charge is -2.12. The number of phenols is 1. The number of carbonyl (C=O) groups excluding carboxylic acids is 1. The second kappa shape index (κ2) is 6.32. The van der Waals surface area contributed by atoms with E-state index in [9.17, 15) is 14.7 Å². The van der Waals surface area contributed by atoms with Crippen LogP contribution in [0.25, 0.3) is 32.7 Å². The second-order valence-corrected chi connectivity index (χ2v) is 6.48. The number of rotatable bonds is 3. The quantitative estimate of drug-likeness (QED) is 0.446. The first kappa shape index (κ1) is 16.9. The molecule has 4 rings (SSSR count). The molecule has 6 heteroatoms. The van der Waals surface area contributed by atoms with Crippen LogP contribution in [0, 0.1) is 0 Å². The lowest BCUT2D eigenvalue weighted by molar-refractivity contribution is -0.130. The van der Waals surface area contributed by atoms with Crippen molar-refractivity contribution in [3.05, 3.63) is 58.8 Å². The molecule has 4 aromatic rings. The SMILES string of the molecule is CN(C)C(=O)COc1cc(O)c2c(=O)c3c(ccc4ccccc43)oc2c1. The van der Waals surface area contributed by atoms with Crippen LogP contribution >= 0.6 is 0 Å². The van der Waals surface area contributed by atoms with Crippen LogP contribution in [-0.4, -0.2) is 36.6 Å². The number of hydrogen-bond donors (Lipinski definition) is 1. The van der Waals surface area contributed by atoms with Gasteiger partial charge < -0.3 is 19.2 Å². The molecule has 136 valence electrons. The molecular weight excluding hydrogens is 346 g/mol. The van der Waals surface area contributed by atoms with E-state index in [2.05, 4.69) is 0 Å². The highest BCUT2D eigenvalue weighted by Crippen LogP contribution is 2.32. The van der Waals surface area contributed by atoms with Crippen LogP contribution in [0.5, 0.6) is 11.5 Å². The van der Waals surface area contributed by atoms with Crippen LogP contribution < -0.4 is 10.2 Å². The van der Waals surface area contributed by atoms with Gasteiger partial charge in [-0.15, -0.1) is 0 Å². The lowest BCUT2D eigenvalue weighted by atomic mass is 10.0. The van der Waals surface area contributed by atoms with Crippen molar-refractivity contribution in [2.45, 2.75) is 0 Å². The molecule has 1 aromatic heterocycles. The van der Waals surface area contributed by atoms with Crippen LogP contribution in [0.4, 0.5) is 0 Å². The van der Waals surface area contributed by atoms with E-state index in [1.54, 1.807) is 20.2 Å². The number of fused-ring (bicyclic) bond motifs is 4. The monoisotopic (exact) mass is 363 g/mol. The number of nitrogens with zero attached hydrogens (tertiary/aromatic N) is 1. The molecule has 0 saturated heterocycles. The summed E-state index contributed by atoms with van der Waals surface area (Å²) in [5, 5.41) is 12.6. The van der Waals surface area contributed by atoms with Crippen molar-refractivity contribution in [1.82, 2.24) is 4.90 Å². The van der Waals surface area contributed by atoms with Gasteiger partial charge in [0.2, 0.25) is 5.43 Å². The molecule has 3 aromatic carbocycles. The third-order valence-corrected chi connectivity index (χ3v) is 4.48. The number of aromatic hydroxyl groups is 1. The fourth-order valence-electron chi connectivity index (χ4n) is 3.06. The van der Waals surface area contributed by atoms with Crippen molar-refractivity contribution in [2.24, 2.45) is 0 Å². The van der Waals surface area contributed by atoms with Crippen molar-refractivity contribution in [2.75, 3.05) is 20.7 Å². The molecule has 1 amide bonds. The average molecular weight is 363 g/mol. The zero-order valence-corrected chi connectivity index (χ0v) is 14.9. The molecule has 0 atom stereocenters. The van der Waals surface area contributed by atoms with E-state index in [0.29, 0.717) is 11.0 Å². The molecule has 0 aliphatic carbocycles. The van der Waals surface area contributed by atoms with Gasteiger partial charge in [-0.1, -0.05) is 30.3 Å². The summed E-state index contributed by atoms with van der Waals surface area (Å²) in [6, 6.07) is 13.9. The van der Waals surface area contributed by atoms with Crippen LogP contribution in [0.1, 0.15) is 0 Å². The van der Waals surface area contributed by atoms with E-state index >= 15 is 0 Å². The average Bonchev–Trinajstić information content (AvgIpc) is 2.65. The molecule has 0 bridgehead atoms. The lowest BCUT2D eigenvalue weighted by Crippen LogP contribution is -2.27. The number of amides is 1. The maximum Gasteiger partial charge on any atom is 0.259 e. The Kier molecular flexibility index (Phi) is 3.96. The summed E-state index contributed by atoms with van der Waals surface area (Å²) < 4.78 is 11.3. The van der Waals surface area contributed by atoms with Gasteiger partial charge in [-0.3, -0.25) is 9.59 Å². The minimum atomic E-state index is -0.309. The Balaban J connectivity index is 1.91. The fourth-order valence-corrected chi connectivity index (χ4v) is 3.06. The first-order valence-corrected chi connectivity index (χ1v) is 8.40. The molecule has 27 heavy (non-hydrogen) atoms. The maximum absolute atomic E-state index is 13.1. The van der Waals surface area contributed by atoms with Crippen LogP contribution in [-0.2, 0) is 4.79 Å². The Morgan fingerprint density at radius 1 is 1.07 bits per heavy atom. The van der Waals surface area contributed by atoms with Crippen LogP contribution in [0.2, 0.25) is 0 Å². The molecule has 1 N–H and O–H groups in total. The largest absolute Gasteiger partial charge is 0.507 e. The summed E-state index contributed by atoms with van der Waals surface area (Å²) in [4.78, 5) is 26.2. The first-order valence-electron chi connectivity index (χ1n) is 8.40. The highest BCUT2D eigenvalue weighted by atomic mass is 16.5. The van der Waals surface area contributed by atoms with Gasteiger partial charge in [-0.05, 0) is 16.8 Å². The van der Waals surface area contributed by atoms with Gasteiger partial charge in [0.15, 0.2) is 6.61 Å². The van der Waals surface area contributed by atoms with E-state index in [1.807, 2.05) is 30.3 Å². The summed E-state index contributed by atoms with van der Waals surface area (Å²) in [7, 11) is 3.25. The summed E-state index contributed by atoms with van der Waals surface area (Å²) >= 11 is 0. The second-order valence-electron chi connectivity index (χ2n) is 6.48. The number of ether oxygens (including phenoxy) is 1. The van der Waals surface area contributed by atoms with Crippen LogP contribution in [0.3, 0.4) is 0 Å². The molecule has 0 aliphatic heterocycles. The summed E-state index contributed by atoms with van der Waals surface area (Å²) in [5.74, 6) is -0.220. The zero-order valence-electron chi connectivity index (χ0n) is 14.9. The third-order valence-electron chi connectivity index (χ3n) is 4.48. The molecule has 0 spiro atoms. The standard InChI is InChI=1S/C21H17NO5/c1-22(2)18(24)11-26-13-9-15(23)20-17(10-13)27-16-8-7-12-5-3-4-6-14(12)19(16)21(20)25/h3-10,23H,11H2,1-2H3. The first-order chi connectivity index (χ1) is 13.0. The van der Waals surface area contributed by atoms with Gasteiger partial charge in [-0.25, -0.2) is 0 Å². The van der Waals surface area contributed by atoms with Gasteiger partial charge in [0.25, 0.3) is 5.91 Å². The smallest absolute Gasteiger partial charge is 0.259 e. The van der Waals surface area contributed by atoms with Crippen LogP contribution in [0.15, 0.2) is 57.7 Å². The summed E-state index contributed by atoms with van der Waals surface area (Å²) in [6.45, 7) is -0.180. The van der Waals surface area contributed by atoms with Gasteiger partial charge in [0.05, 0.1) is 5.39 Å². The van der Waals surface area contributed by atoms with E-state index in [-0.39, 0.29) is 40.4 Å². The minimum Gasteiger partial charge on any atom is -0.507 e. The van der Waals surface area contributed by atoms with Crippen molar-refractivity contribution in [3.63, 3.8) is 0 Å². The predicted octanol–water partition coefficient (Wildman–Crippen LogP) is 3.27. The Morgan fingerprint density at radius 3 is 2.63 bits per heavy atom. The number of phenolic OH excluding ortho intramolecular Hbond substituents is 1. The van der Waals surface area contributed by atoms with Gasteiger partial charge in [0, 0.05) is 26.2 Å². The maximum atomic E-state index is 13.1. The molecule has 0 unspecified atom stereocenters. The third kappa shape index (κ3) is 2.85. The molecular formula is C21H17NO5. The normalized spacial score (nSPS) is 11.2. The highest BCUT2D eigenvalue weighted by molar-refractivity contribution is 6.08. The van der Waals surface area contributed by atoms with Crippen molar-refractivity contribution in [3.8, 4) is 11.5 Å². The fraction of sp³-hybridized carbons (Fsp3) is 0.143. The molecule has 1 heterocycles. The topological polar surface area (TPSA) is 80.0 Å². The zero-order chi connectivity index (χ0) is 19.1. The Bertz CT molecular complexity index is 1260. The van der Waals surface area contributed by atoms with E-state index in [4.69, 9.17) is 9.15 Å². The Hall–Kier alpha value is -3.54. The van der Waals surface area contributed by atoms with Gasteiger partial charge in [0.1, 0.15) is 28.1 Å². The number of hydrogen-bond acceptors (Lipinski definition) is 5. The Labute approximate surface area is 154 Å². The van der Waals surface area contributed by atoms with Gasteiger partial charge >= 0.3 is 0 Å². The van der Waals surface area contributed by atoms with E-state index in [1.165, 1.54) is 17.0 Å². The number of benzene rings is 3. The summed E-state index contributed by atoms with van der Waals surface area (Å²) in [5.41, 5.74) is 0.318. The highest BCUT2D eigenvalue weighted by Gasteiger charge is 2.16. The molecule has 6 nitrogen and oxygen atoms in total. The van der Waals surface area contributed by atoms with Crippen molar-refractivity contribution < 1.29 is 19.1 Å². The van der Waals surface area contributed by atoms with Crippen molar-refractivity contribution in [1.29, 1.82) is 0 Å². The molecule has 0 aliphatic rings. The summed E-state index contributed by atoms with van der Waals surface area (Å²) in [6.07, 6.45) is 0. The number of likely N-dealkylation sites (N-methyl/N-ethyl adjacent to an activating group) is 1. The molecule has 0 radical (unpaired) electrons. The number of carbonyl (C=O) groups is 1. The van der Waals surface area contributed by atoms with E-state index in [0.717, 1.165) is 10.8 Å². The molecule has 0 saturated carbocycles. The minimum absolute atomic E-state index is 0.0881. The predicted molar refractivity (Wildman–Crippen MR) is 103 cm³/mol. The van der Waals surface area contributed by atoms with Crippen molar-refractivity contribution >= 4 is 38.6 Å². The molecule has 0 fully saturated rings.